The molecule has 1 aliphatic carbocycles. The molecule has 2 aromatic rings. The van der Waals surface area contributed by atoms with Crippen LogP contribution < -0.4 is 10.6 Å². The Balaban J connectivity index is 1.53. The highest BCUT2D eigenvalue weighted by Gasteiger charge is 2.42. The quantitative estimate of drug-likeness (QED) is 0.659. The summed E-state index contributed by atoms with van der Waals surface area (Å²) in [5.74, 6) is 0.0912. The van der Waals surface area contributed by atoms with Gasteiger partial charge in [-0.3, -0.25) is 0 Å². The molecule has 1 saturated carbocycles. The van der Waals surface area contributed by atoms with E-state index in [1.807, 2.05) is 13.1 Å². The topological polar surface area (TPSA) is 77.2 Å². The van der Waals surface area contributed by atoms with E-state index >= 15 is 0 Å². The molecule has 124 valence electrons. The van der Waals surface area contributed by atoms with Gasteiger partial charge < -0.3 is 20.7 Å². The molecular weight excluding hydrogens is 297 g/mol. The molecule has 23 heavy (non-hydrogen) atoms. The fourth-order valence-electron chi connectivity index (χ4n) is 2.97. The molecule has 0 bridgehead atoms. The second-order valence-electron chi connectivity index (χ2n) is 6.48. The first-order valence-electron chi connectivity index (χ1n) is 7.94. The number of aromatic amines is 1. The number of aromatic nitrogens is 1. The van der Waals surface area contributed by atoms with E-state index in [9.17, 15) is 14.3 Å². The van der Waals surface area contributed by atoms with Gasteiger partial charge in [0.1, 0.15) is 5.82 Å². The number of urea groups is 1. The van der Waals surface area contributed by atoms with E-state index in [2.05, 4.69) is 15.6 Å². The lowest BCUT2D eigenvalue weighted by atomic mass is 9.97. The summed E-state index contributed by atoms with van der Waals surface area (Å²) >= 11 is 0. The number of amides is 2. The molecular formula is C17H22FN3O2. The van der Waals surface area contributed by atoms with Crippen molar-refractivity contribution in [3.63, 3.8) is 0 Å². The van der Waals surface area contributed by atoms with Crippen molar-refractivity contribution in [2.24, 2.45) is 5.92 Å². The lowest BCUT2D eigenvalue weighted by molar-refractivity contribution is 0.155. The average Bonchev–Trinajstić information content (AvgIpc) is 3.31. The summed E-state index contributed by atoms with van der Waals surface area (Å²) in [6, 6.07) is 4.37. The second-order valence-corrected chi connectivity index (χ2v) is 6.48. The maximum absolute atomic E-state index is 13.2. The summed E-state index contributed by atoms with van der Waals surface area (Å²) < 4.78 is 13.2. The Kier molecular flexibility index (Phi) is 4.26. The van der Waals surface area contributed by atoms with Gasteiger partial charge in [-0.1, -0.05) is 0 Å². The lowest BCUT2D eigenvalue weighted by Crippen LogP contribution is -2.54. The third kappa shape index (κ3) is 3.47. The number of aliphatic hydroxyl groups excluding tert-OH is 1. The zero-order valence-electron chi connectivity index (χ0n) is 13.2. The summed E-state index contributed by atoms with van der Waals surface area (Å²) in [5, 5.41) is 16.1. The molecule has 5 nitrogen and oxygen atoms in total. The molecule has 1 atom stereocenters. The molecule has 1 heterocycles. The smallest absolute Gasteiger partial charge is 0.315 e. The van der Waals surface area contributed by atoms with Crippen LogP contribution in [0.25, 0.3) is 10.9 Å². The maximum Gasteiger partial charge on any atom is 0.315 e. The number of carbonyl (C=O) groups is 1. The highest BCUT2D eigenvalue weighted by Crippen LogP contribution is 2.39. The first-order chi connectivity index (χ1) is 11.0. The summed E-state index contributed by atoms with van der Waals surface area (Å²) in [6.45, 7) is 2.29. The Morgan fingerprint density at radius 1 is 1.48 bits per heavy atom. The van der Waals surface area contributed by atoms with Crippen LogP contribution in [-0.2, 0) is 6.42 Å². The molecule has 0 spiro atoms. The van der Waals surface area contributed by atoms with E-state index in [0.717, 1.165) is 29.3 Å². The largest absolute Gasteiger partial charge is 0.394 e. The Morgan fingerprint density at radius 3 is 2.96 bits per heavy atom. The number of halogens is 1. The lowest BCUT2D eigenvalue weighted by Gasteiger charge is -2.28. The van der Waals surface area contributed by atoms with Crippen LogP contribution in [0.15, 0.2) is 24.4 Å². The molecule has 0 radical (unpaired) electrons. The predicted molar refractivity (Wildman–Crippen MR) is 86.7 cm³/mol. The van der Waals surface area contributed by atoms with Crippen LogP contribution in [0.2, 0.25) is 0 Å². The van der Waals surface area contributed by atoms with Gasteiger partial charge in [0.15, 0.2) is 0 Å². The van der Waals surface area contributed by atoms with E-state index in [1.54, 1.807) is 6.07 Å². The molecule has 0 saturated heterocycles. The normalized spacial score (nSPS) is 17.0. The minimum atomic E-state index is -0.539. The minimum absolute atomic E-state index is 0.0564. The predicted octanol–water partition coefficient (Wildman–Crippen LogP) is 2.31. The van der Waals surface area contributed by atoms with Crippen molar-refractivity contribution in [2.75, 3.05) is 13.2 Å². The van der Waals surface area contributed by atoms with Crippen LogP contribution in [0.5, 0.6) is 0 Å². The van der Waals surface area contributed by atoms with Crippen LogP contribution in [0.1, 0.15) is 25.3 Å². The van der Waals surface area contributed by atoms with Gasteiger partial charge in [0.25, 0.3) is 0 Å². The Morgan fingerprint density at radius 2 is 2.26 bits per heavy atom. The first kappa shape index (κ1) is 15.8. The molecule has 6 heteroatoms. The number of rotatable bonds is 6. The van der Waals surface area contributed by atoms with Gasteiger partial charge in [0.05, 0.1) is 12.1 Å². The molecule has 1 aromatic carbocycles. The van der Waals surface area contributed by atoms with Crippen molar-refractivity contribution >= 4 is 16.9 Å². The van der Waals surface area contributed by atoms with E-state index in [4.69, 9.17) is 0 Å². The molecule has 1 aliphatic rings. The molecule has 1 unspecified atom stereocenters. The Hall–Kier alpha value is -2.08. The minimum Gasteiger partial charge on any atom is -0.394 e. The summed E-state index contributed by atoms with van der Waals surface area (Å²) in [7, 11) is 0. The van der Waals surface area contributed by atoms with E-state index in [-0.39, 0.29) is 18.5 Å². The molecule has 1 fully saturated rings. The number of H-pyrrole nitrogens is 1. The van der Waals surface area contributed by atoms with Crippen molar-refractivity contribution in [2.45, 2.75) is 31.7 Å². The highest BCUT2D eigenvalue weighted by atomic mass is 19.1. The number of nitrogens with one attached hydrogen (secondary N) is 3. The fraction of sp³-hybridized carbons (Fsp3) is 0.471. The maximum atomic E-state index is 13.2. The molecule has 3 rings (SSSR count). The monoisotopic (exact) mass is 319 g/mol. The van der Waals surface area contributed by atoms with Crippen molar-refractivity contribution in [1.82, 2.24) is 15.6 Å². The molecule has 0 aliphatic heterocycles. The van der Waals surface area contributed by atoms with Gasteiger partial charge in [-0.05, 0) is 55.9 Å². The van der Waals surface area contributed by atoms with Gasteiger partial charge in [-0.25, -0.2) is 9.18 Å². The Labute approximate surface area is 134 Å². The number of benzene rings is 1. The first-order valence-corrected chi connectivity index (χ1v) is 7.94. The van der Waals surface area contributed by atoms with Gasteiger partial charge in [-0.2, -0.15) is 0 Å². The number of carbonyl (C=O) groups excluding carboxylic acids is 1. The van der Waals surface area contributed by atoms with Crippen LogP contribution in [0.3, 0.4) is 0 Å². The number of hydrogen-bond acceptors (Lipinski definition) is 2. The highest BCUT2D eigenvalue weighted by molar-refractivity contribution is 5.83. The zero-order chi connectivity index (χ0) is 16.4. The summed E-state index contributed by atoms with van der Waals surface area (Å²) in [4.78, 5) is 15.0. The van der Waals surface area contributed by atoms with E-state index in [1.165, 1.54) is 12.1 Å². The van der Waals surface area contributed by atoms with Crippen LogP contribution in [-0.4, -0.2) is 34.8 Å². The van der Waals surface area contributed by atoms with Gasteiger partial charge in [0, 0.05) is 23.6 Å². The number of fused-ring (bicyclic) bond motifs is 1. The van der Waals surface area contributed by atoms with Crippen LogP contribution >= 0.6 is 0 Å². The van der Waals surface area contributed by atoms with Crippen molar-refractivity contribution < 1.29 is 14.3 Å². The third-order valence-electron chi connectivity index (χ3n) is 4.62. The Bertz CT molecular complexity index is 711. The van der Waals surface area contributed by atoms with E-state index < -0.39 is 5.54 Å². The third-order valence-corrected chi connectivity index (χ3v) is 4.62. The van der Waals surface area contributed by atoms with Crippen molar-refractivity contribution in [3.05, 3.63) is 35.8 Å². The summed E-state index contributed by atoms with van der Waals surface area (Å²) in [5.41, 5.74) is 1.25. The molecule has 2 amide bonds. The van der Waals surface area contributed by atoms with Gasteiger partial charge in [0.2, 0.25) is 0 Å². The molecule has 1 aromatic heterocycles. The van der Waals surface area contributed by atoms with Crippen molar-refractivity contribution in [3.8, 4) is 0 Å². The fourth-order valence-corrected chi connectivity index (χ4v) is 2.97. The number of aliphatic hydroxyl groups is 1. The van der Waals surface area contributed by atoms with Gasteiger partial charge >= 0.3 is 6.03 Å². The zero-order valence-corrected chi connectivity index (χ0v) is 13.2. The van der Waals surface area contributed by atoms with Crippen LogP contribution in [0, 0.1) is 11.7 Å². The van der Waals surface area contributed by atoms with E-state index in [0.29, 0.717) is 18.9 Å². The second kappa shape index (κ2) is 6.20. The number of hydrogen-bond donors (Lipinski definition) is 4. The summed E-state index contributed by atoms with van der Waals surface area (Å²) in [6.07, 6.45) is 4.58. The SMILES string of the molecule is CC(CO)(NC(=O)NCCc1c[nH]c2cc(F)ccc12)C1CC1. The van der Waals surface area contributed by atoms with Crippen LogP contribution in [0.4, 0.5) is 9.18 Å². The average molecular weight is 319 g/mol. The molecule has 4 N–H and O–H groups in total. The van der Waals surface area contributed by atoms with Crippen molar-refractivity contribution in [1.29, 1.82) is 0 Å². The standard InChI is InChI=1S/C17H22FN3O2/c1-17(10-22,12-2-3-12)21-16(23)19-7-6-11-9-20-15-8-13(18)4-5-14(11)15/h4-5,8-9,12,20,22H,2-3,6-7,10H2,1H3,(H2,19,21,23). The van der Waals surface area contributed by atoms with Gasteiger partial charge in [-0.15, -0.1) is 0 Å².